The highest BCUT2D eigenvalue weighted by atomic mass is 19.1. The lowest BCUT2D eigenvalue weighted by Crippen LogP contribution is -2.25. The molecular formula is C23H24FN3O. The zero-order chi connectivity index (χ0) is 19.6. The first-order valence-electron chi connectivity index (χ1n) is 9.47. The maximum atomic E-state index is 12.9. The van der Waals surface area contributed by atoms with E-state index >= 15 is 0 Å². The van der Waals surface area contributed by atoms with E-state index in [-0.39, 0.29) is 11.7 Å². The van der Waals surface area contributed by atoms with Crippen LogP contribution in [0.1, 0.15) is 28.0 Å². The van der Waals surface area contributed by atoms with E-state index < -0.39 is 0 Å². The van der Waals surface area contributed by atoms with Crippen molar-refractivity contribution in [2.24, 2.45) is 0 Å². The molecule has 0 saturated heterocycles. The van der Waals surface area contributed by atoms with Gasteiger partial charge in [0.05, 0.1) is 0 Å². The first-order valence-corrected chi connectivity index (χ1v) is 9.47. The van der Waals surface area contributed by atoms with Crippen LogP contribution in [-0.2, 0) is 12.8 Å². The Morgan fingerprint density at radius 3 is 2.43 bits per heavy atom. The third-order valence-electron chi connectivity index (χ3n) is 4.42. The van der Waals surface area contributed by atoms with E-state index in [1.54, 1.807) is 24.4 Å². The van der Waals surface area contributed by atoms with E-state index in [4.69, 9.17) is 0 Å². The van der Waals surface area contributed by atoms with Gasteiger partial charge >= 0.3 is 0 Å². The molecule has 2 aromatic carbocycles. The summed E-state index contributed by atoms with van der Waals surface area (Å²) >= 11 is 0. The molecule has 1 amide bonds. The number of anilines is 1. The number of nitrogens with one attached hydrogen (secondary N) is 2. The second-order valence-electron chi connectivity index (χ2n) is 6.58. The van der Waals surface area contributed by atoms with Crippen molar-refractivity contribution < 1.29 is 9.18 Å². The van der Waals surface area contributed by atoms with E-state index in [2.05, 4.69) is 27.8 Å². The minimum absolute atomic E-state index is 0.171. The summed E-state index contributed by atoms with van der Waals surface area (Å²) in [6.07, 6.45) is 4.20. The maximum Gasteiger partial charge on any atom is 0.269 e. The van der Waals surface area contributed by atoms with Crippen molar-refractivity contribution in [2.75, 3.05) is 18.4 Å². The quantitative estimate of drug-likeness (QED) is 0.549. The Bertz CT molecular complexity index is 882. The minimum Gasteiger partial charge on any atom is -0.385 e. The van der Waals surface area contributed by atoms with E-state index in [0.717, 1.165) is 30.5 Å². The summed E-state index contributed by atoms with van der Waals surface area (Å²) in [5.41, 5.74) is 3.56. The Morgan fingerprint density at radius 1 is 0.893 bits per heavy atom. The average molecular weight is 377 g/mol. The van der Waals surface area contributed by atoms with Crippen LogP contribution in [0.15, 0.2) is 72.9 Å². The van der Waals surface area contributed by atoms with Crippen molar-refractivity contribution in [3.05, 3.63) is 95.6 Å². The van der Waals surface area contributed by atoms with E-state index in [1.807, 2.05) is 24.3 Å². The van der Waals surface area contributed by atoms with Crippen molar-refractivity contribution in [3.8, 4) is 0 Å². The third kappa shape index (κ3) is 6.20. The molecule has 5 heteroatoms. The van der Waals surface area contributed by atoms with Crippen LogP contribution < -0.4 is 10.6 Å². The van der Waals surface area contributed by atoms with Gasteiger partial charge in [-0.3, -0.25) is 9.78 Å². The molecule has 0 saturated carbocycles. The number of rotatable bonds is 9. The molecule has 0 aliphatic heterocycles. The Hall–Kier alpha value is -3.21. The zero-order valence-electron chi connectivity index (χ0n) is 15.7. The van der Waals surface area contributed by atoms with E-state index in [1.165, 1.54) is 17.7 Å². The lowest BCUT2D eigenvalue weighted by Gasteiger charge is -2.09. The summed E-state index contributed by atoms with van der Waals surface area (Å²) in [6, 6.07) is 20.3. The molecule has 28 heavy (non-hydrogen) atoms. The number of carbonyl (C=O) groups is 1. The van der Waals surface area contributed by atoms with Crippen LogP contribution in [0, 0.1) is 5.82 Å². The molecule has 0 radical (unpaired) electrons. The molecule has 0 bridgehead atoms. The first kappa shape index (κ1) is 19.5. The van der Waals surface area contributed by atoms with Crippen LogP contribution in [0.5, 0.6) is 0 Å². The number of pyridine rings is 1. The molecule has 0 fully saturated rings. The van der Waals surface area contributed by atoms with Crippen LogP contribution in [0.4, 0.5) is 10.1 Å². The van der Waals surface area contributed by atoms with Crippen LogP contribution in [-0.4, -0.2) is 24.0 Å². The zero-order valence-corrected chi connectivity index (χ0v) is 15.7. The van der Waals surface area contributed by atoms with Gasteiger partial charge in [-0.2, -0.15) is 0 Å². The average Bonchev–Trinajstić information content (AvgIpc) is 2.73. The molecule has 0 atom stereocenters. The fourth-order valence-electron chi connectivity index (χ4n) is 2.90. The highest BCUT2D eigenvalue weighted by Crippen LogP contribution is 2.09. The number of carbonyl (C=O) groups excluding carboxylic acids is 1. The molecule has 1 heterocycles. The Morgan fingerprint density at radius 2 is 1.64 bits per heavy atom. The molecule has 0 spiro atoms. The molecule has 144 valence electrons. The SMILES string of the molecule is O=C(NCCCc1ccccc1)c1cc(NCCc2ccc(F)cc2)ccn1. The summed E-state index contributed by atoms with van der Waals surface area (Å²) in [5, 5.41) is 6.20. The van der Waals surface area contributed by atoms with Gasteiger partial charge in [0.2, 0.25) is 0 Å². The van der Waals surface area contributed by atoms with Crippen molar-refractivity contribution in [1.29, 1.82) is 0 Å². The molecule has 0 aliphatic carbocycles. The predicted octanol–water partition coefficient (Wildman–Crippen LogP) is 4.24. The van der Waals surface area contributed by atoms with Gasteiger partial charge < -0.3 is 10.6 Å². The van der Waals surface area contributed by atoms with Gasteiger partial charge in [-0.05, 0) is 54.7 Å². The number of nitrogens with zero attached hydrogens (tertiary/aromatic N) is 1. The smallest absolute Gasteiger partial charge is 0.269 e. The summed E-state index contributed by atoms with van der Waals surface area (Å²) < 4.78 is 12.9. The maximum absolute atomic E-state index is 12.9. The Balaban J connectivity index is 1.42. The molecule has 2 N–H and O–H groups in total. The Kier molecular flexibility index (Phi) is 7.13. The molecule has 3 aromatic rings. The largest absolute Gasteiger partial charge is 0.385 e. The highest BCUT2D eigenvalue weighted by Gasteiger charge is 2.07. The second-order valence-corrected chi connectivity index (χ2v) is 6.58. The van der Waals surface area contributed by atoms with Crippen LogP contribution in [0.3, 0.4) is 0 Å². The molecule has 3 rings (SSSR count). The third-order valence-corrected chi connectivity index (χ3v) is 4.42. The van der Waals surface area contributed by atoms with Crippen molar-refractivity contribution in [3.63, 3.8) is 0 Å². The fourth-order valence-corrected chi connectivity index (χ4v) is 2.90. The van der Waals surface area contributed by atoms with Gasteiger partial charge in [0.1, 0.15) is 11.5 Å². The summed E-state index contributed by atoms with van der Waals surface area (Å²) in [6.45, 7) is 1.30. The Labute approximate surface area is 164 Å². The second kappa shape index (κ2) is 10.2. The number of amides is 1. The lowest BCUT2D eigenvalue weighted by atomic mass is 10.1. The van der Waals surface area contributed by atoms with Gasteiger partial charge in [-0.25, -0.2) is 4.39 Å². The number of hydrogen-bond donors (Lipinski definition) is 2. The van der Waals surface area contributed by atoms with Crippen LogP contribution in [0.2, 0.25) is 0 Å². The number of aryl methyl sites for hydroxylation is 1. The van der Waals surface area contributed by atoms with E-state index in [9.17, 15) is 9.18 Å². The molecule has 0 aliphatic rings. The van der Waals surface area contributed by atoms with Crippen LogP contribution in [0.25, 0.3) is 0 Å². The summed E-state index contributed by atoms with van der Waals surface area (Å²) in [4.78, 5) is 16.5. The predicted molar refractivity (Wildman–Crippen MR) is 110 cm³/mol. The van der Waals surface area contributed by atoms with Crippen molar-refractivity contribution >= 4 is 11.6 Å². The van der Waals surface area contributed by atoms with Gasteiger partial charge in [0.25, 0.3) is 5.91 Å². The van der Waals surface area contributed by atoms with Gasteiger partial charge in [0, 0.05) is 25.0 Å². The summed E-state index contributed by atoms with van der Waals surface area (Å²) in [7, 11) is 0. The standard InChI is InChI=1S/C23H24FN3O/c24-20-10-8-19(9-11-20)12-15-25-21-13-16-26-22(17-21)23(28)27-14-4-7-18-5-2-1-3-6-18/h1-3,5-6,8-11,13,16-17H,4,7,12,14-15H2,(H,25,26)(H,27,28). The normalized spacial score (nSPS) is 10.5. The van der Waals surface area contributed by atoms with Crippen molar-refractivity contribution in [2.45, 2.75) is 19.3 Å². The number of aromatic nitrogens is 1. The molecule has 4 nitrogen and oxygen atoms in total. The topological polar surface area (TPSA) is 54.0 Å². The van der Waals surface area contributed by atoms with Crippen LogP contribution >= 0.6 is 0 Å². The van der Waals surface area contributed by atoms with Gasteiger partial charge in [-0.1, -0.05) is 42.5 Å². The number of hydrogen-bond acceptors (Lipinski definition) is 3. The van der Waals surface area contributed by atoms with Crippen molar-refractivity contribution in [1.82, 2.24) is 10.3 Å². The van der Waals surface area contributed by atoms with Gasteiger partial charge in [0.15, 0.2) is 0 Å². The number of halogens is 1. The minimum atomic E-state index is -0.231. The number of benzene rings is 2. The van der Waals surface area contributed by atoms with E-state index in [0.29, 0.717) is 18.8 Å². The molecule has 0 unspecified atom stereocenters. The first-order chi connectivity index (χ1) is 13.7. The lowest BCUT2D eigenvalue weighted by molar-refractivity contribution is 0.0948. The summed E-state index contributed by atoms with van der Waals surface area (Å²) in [5.74, 6) is -0.402. The van der Waals surface area contributed by atoms with Gasteiger partial charge in [-0.15, -0.1) is 0 Å². The highest BCUT2D eigenvalue weighted by molar-refractivity contribution is 5.93. The fraction of sp³-hybridized carbons (Fsp3) is 0.217. The molecule has 1 aromatic heterocycles. The molecular weight excluding hydrogens is 353 g/mol. The monoisotopic (exact) mass is 377 g/mol.